The zero-order valence-corrected chi connectivity index (χ0v) is 20.6. The Balaban J connectivity index is 1.57. The molecule has 34 heavy (non-hydrogen) atoms. The van der Waals surface area contributed by atoms with Crippen LogP contribution in [0.15, 0.2) is 60.7 Å². The molecule has 1 unspecified atom stereocenters. The molecule has 2 aromatic carbocycles. The standard InChI is InChI=1S/C28H34N2O4/c1-6-17-32-24-12-14-26(15-13-24)34-25-10-7-22(8-11-25)30-28(31)27-16-9-23(29-21(27)5)18-20(4)33-19(2)3/h7-16,19-20H,6,17-18H2,1-5H3,(H,30,31). The third-order valence-electron chi connectivity index (χ3n) is 5.03. The van der Waals surface area contributed by atoms with Crippen LogP contribution in [0.5, 0.6) is 17.2 Å². The van der Waals surface area contributed by atoms with Crippen LogP contribution in [0.2, 0.25) is 0 Å². The van der Waals surface area contributed by atoms with E-state index < -0.39 is 0 Å². The maximum atomic E-state index is 12.8. The zero-order chi connectivity index (χ0) is 24.5. The molecule has 0 bridgehead atoms. The van der Waals surface area contributed by atoms with Gasteiger partial charge in [0.1, 0.15) is 17.2 Å². The van der Waals surface area contributed by atoms with Crippen LogP contribution in [-0.4, -0.2) is 29.7 Å². The molecule has 0 spiro atoms. The molecule has 1 atom stereocenters. The van der Waals surface area contributed by atoms with Gasteiger partial charge in [0, 0.05) is 17.8 Å². The number of aryl methyl sites for hydroxylation is 1. The van der Waals surface area contributed by atoms with Gasteiger partial charge < -0.3 is 19.5 Å². The topological polar surface area (TPSA) is 69.7 Å². The summed E-state index contributed by atoms with van der Waals surface area (Å²) in [6, 6.07) is 18.5. The molecule has 0 aliphatic carbocycles. The molecule has 1 heterocycles. The van der Waals surface area contributed by atoms with Crippen molar-refractivity contribution < 1.29 is 19.0 Å². The third kappa shape index (κ3) is 7.59. The van der Waals surface area contributed by atoms with Gasteiger partial charge in [-0.2, -0.15) is 0 Å². The van der Waals surface area contributed by atoms with Crippen LogP contribution in [0.1, 0.15) is 55.9 Å². The summed E-state index contributed by atoms with van der Waals surface area (Å²) in [5, 5.41) is 2.93. The number of rotatable bonds is 11. The van der Waals surface area contributed by atoms with Gasteiger partial charge in [-0.1, -0.05) is 6.92 Å². The average molecular weight is 463 g/mol. The predicted molar refractivity (Wildman–Crippen MR) is 135 cm³/mol. The normalized spacial score (nSPS) is 11.8. The first-order valence-corrected chi connectivity index (χ1v) is 11.8. The number of hydrogen-bond donors (Lipinski definition) is 1. The summed E-state index contributed by atoms with van der Waals surface area (Å²) >= 11 is 0. The number of carbonyl (C=O) groups is 1. The SMILES string of the molecule is CCCOc1ccc(Oc2ccc(NC(=O)c3ccc(CC(C)OC(C)C)nc3C)cc2)cc1. The molecule has 3 rings (SSSR count). The lowest BCUT2D eigenvalue weighted by molar-refractivity contribution is 0.0190. The number of amides is 1. The Hall–Kier alpha value is -3.38. The highest BCUT2D eigenvalue weighted by Gasteiger charge is 2.13. The molecule has 1 amide bonds. The number of nitrogens with one attached hydrogen (secondary N) is 1. The lowest BCUT2D eigenvalue weighted by atomic mass is 10.1. The van der Waals surface area contributed by atoms with Crippen molar-refractivity contribution >= 4 is 11.6 Å². The highest BCUT2D eigenvalue weighted by atomic mass is 16.5. The number of anilines is 1. The fraction of sp³-hybridized carbons (Fsp3) is 0.357. The molecule has 3 aromatic rings. The average Bonchev–Trinajstić information content (AvgIpc) is 2.79. The minimum atomic E-state index is -0.195. The van der Waals surface area contributed by atoms with Crippen LogP contribution in [0.4, 0.5) is 5.69 Å². The van der Waals surface area contributed by atoms with Gasteiger partial charge in [-0.05, 0) is 94.8 Å². The van der Waals surface area contributed by atoms with Crippen LogP contribution in [0, 0.1) is 6.92 Å². The van der Waals surface area contributed by atoms with Crippen LogP contribution in [0.3, 0.4) is 0 Å². The highest BCUT2D eigenvalue weighted by molar-refractivity contribution is 6.05. The first kappa shape index (κ1) is 25.2. The monoisotopic (exact) mass is 462 g/mol. The van der Waals surface area contributed by atoms with E-state index in [-0.39, 0.29) is 18.1 Å². The smallest absolute Gasteiger partial charge is 0.257 e. The molecule has 0 fully saturated rings. The minimum Gasteiger partial charge on any atom is -0.494 e. The number of aromatic nitrogens is 1. The summed E-state index contributed by atoms with van der Waals surface area (Å²) in [4.78, 5) is 17.4. The molecule has 180 valence electrons. The number of pyridine rings is 1. The molecular weight excluding hydrogens is 428 g/mol. The highest BCUT2D eigenvalue weighted by Crippen LogP contribution is 2.25. The van der Waals surface area contributed by atoms with Crippen LogP contribution < -0.4 is 14.8 Å². The first-order chi connectivity index (χ1) is 16.3. The predicted octanol–water partition coefficient (Wildman–Crippen LogP) is 6.58. The Bertz CT molecular complexity index is 1060. The van der Waals surface area contributed by atoms with E-state index >= 15 is 0 Å². The van der Waals surface area contributed by atoms with Crippen LogP contribution in [-0.2, 0) is 11.2 Å². The van der Waals surface area contributed by atoms with Crippen molar-refractivity contribution in [3.8, 4) is 17.2 Å². The molecule has 0 saturated carbocycles. The Kier molecular flexibility index (Phi) is 9.05. The summed E-state index contributed by atoms with van der Waals surface area (Å²) in [6.45, 7) is 10.7. The summed E-state index contributed by atoms with van der Waals surface area (Å²) < 4.78 is 17.3. The number of ether oxygens (including phenoxy) is 3. The fourth-order valence-electron chi connectivity index (χ4n) is 3.54. The van der Waals surface area contributed by atoms with Crippen molar-refractivity contribution in [2.45, 2.75) is 59.7 Å². The maximum absolute atomic E-state index is 12.8. The van der Waals surface area contributed by atoms with Gasteiger partial charge >= 0.3 is 0 Å². The minimum absolute atomic E-state index is 0.0691. The second-order valence-electron chi connectivity index (χ2n) is 8.54. The largest absolute Gasteiger partial charge is 0.494 e. The van der Waals surface area contributed by atoms with Gasteiger partial charge in [0.2, 0.25) is 0 Å². The van der Waals surface area contributed by atoms with E-state index in [9.17, 15) is 4.79 Å². The Morgan fingerprint density at radius 3 is 2.12 bits per heavy atom. The summed E-state index contributed by atoms with van der Waals surface area (Å²) in [6.07, 6.45) is 1.91. The lowest BCUT2D eigenvalue weighted by Crippen LogP contribution is -2.18. The van der Waals surface area contributed by atoms with E-state index in [1.54, 1.807) is 0 Å². The van der Waals surface area contributed by atoms with E-state index in [0.29, 0.717) is 35.7 Å². The van der Waals surface area contributed by atoms with Gasteiger partial charge in [-0.25, -0.2) is 0 Å². The molecule has 1 aromatic heterocycles. The molecule has 0 aliphatic heterocycles. The van der Waals surface area contributed by atoms with E-state index in [4.69, 9.17) is 14.2 Å². The third-order valence-corrected chi connectivity index (χ3v) is 5.03. The van der Waals surface area contributed by atoms with E-state index in [1.165, 1.54) is 0 Å². The maximum Gasteiger partial charge on any atom is 0.257 e. The molecule has 1 N–H and O–H groups in total. The van der Waals surface area contributed by atoms with E-state index in [1.807, 2.05) is 88.4 Å². The van der Waals surface area contributed by atoms with Crippen LogP contribution >= 0.6 is 0 Å². The summed E-state index contributed by atoms with van der Waals surface area (Å²) in [5.41, 5.74) is 2.83. The number of carbonyl (C=O) groups excluding carboxylic acids is 1. The molecule has 0 aliphatic rings. The van der Waals surface area contributed by atoms with Crippen LogP contribution in [0.25, 0.3) is 0 Å². The number of nitrogens with zero attached hydrogens (tertiary/aromatic N) is 1. The summed E-state index contributed by atoms with van der Waals surface area (Å²) in [5.74, 6) is 2.03. The van der Waals surface area contributed by atoms with E-state index in [2.05, 4.69) is 17.2 Å². The molecule has 0 radical (unpaired) electrons. The van der Waals surface area contributed by atoms with Crippen molar-refractivity contribution in [1.29, 1.82) is 0 Å². The lowest BCUT2D eigenvalue weighted by Gasteiger charge is -2.16. The summed E-state index contributed by atoms with van der Waals surface area (Å²) in [7, 11) is 0. The Labute approximate surface area is 202 Å². The van der Waals surface area contributed by atoms with Crippen molar-refractivity contribution in [1.82, 2.24) is 4.98 Å². The Morgan fingerprint density at radius 1 is 0.912 bits per heavy atom. The van der Waals surface area contributed by atoms with Gasteiger partial charge in [-0.15, -0.1) is 0 Å². The van der Waals surface area contributed by atoms with Gasteiger partial charge in [0.25, 0.3) is 5.91 Å². The van der Waals surface area contributed by atoms with Gasteiger partial charge in [-0.3, -0.25) is 9.78 Å². The second-order valence-corrected chi connectivity index (χ2v) is 8.54. The Morgan fingerprint density at radius 2 is 1.53 bits per heavy atom. The van der Waals surface area contributed by atoms with Crippen molar-refractivity contribution in [3.05, 3.63) is 77.6 Å². The molecule has 6 heteroatoms. The van der Waals surface area contributed by atoms with Crippen molar-refractivity contribution in [3.63, 3.8) is 0 Å². The number of benzene rings is 2. The fourth-order valence-corrected chi connectivity index (χ4v) is 3.54. The van der Waals surface area contributed by atoms with Crippen molar-refractivity contribution in [2.75, 3.05) is 11.9 Å². The molecule has 0 saturated heterocycles. The molecule has 6 nitrogen and oxygen atoms in total. The van der Waals surface area contributed by atoms with Gasteiger partial charge in [0.15, 0.2) is 0 Å². The second kappa shape index (κ2) is 12.2. The van der Waals surface area contributed by atoms with Gasteiger partial charge in [0.05, 0.1) is 30.1 Å². The quantitative estimate of drug-likeness (QED) is 0.349. The van der Waals surface area contributed by atoms with Crippen molar-refractivity contribution in [2.24, 2.45) is 0 Å². The molecular formula is C28H34N2O4. The first-order valence-electron chi connectivity index (χ1n) is 11.8. The zero-order valence-electron chi connectivity index (χ0n) is 20.6. The number of hydrogen-bond acceptors (Lipinski definition) is 5. The van der Waals surface area contributed by atoms with E-state index in [0.717, 1.165) is 23.6 Å².